The van der Waals surface area contributed by atoms with Crippen LogP contribution in [-0.2, 0) is 0 Å². The van der Waals surface area contributed by atoms with Gasteiger partial charge < -0.3 is 5.32 Å². The summed E-state index contributed by atoms with van der Waals surface area (Å²) in [6.07, 6.45) is -5.04. The Hall–Kier alpha value is -0.620. The molecule has 6 heteroatoms. The molecule has 0 bridgehead atoms. The van der Waals surface area contributed by atoms with Crippen molar-refractivity contribution in [2.45, 2.75) is 25.6 Å². The molecule has 0 aromatic heterocycles. The first-order valence-electron chi connectivity index (χ1n) is 5.04. The summed E-state index contributed by atoms with van der Waals surface area (Å²) in [5.74, 6) is -0.386. The molecule has 1 atom stereocenters. The second-order valence-corrected chi connectivity index (χ2v) is 4.56. The van der Waals surface area contributed by atoms with Gasteiger partial charge in [0.15, 0.2) is 0 Å². The molecule has 0 aliphatic carbocycles. The Labute approximate surface area is 105 Å². The molecule has 0 aliphatic heterocycles. The van der Waals surface area contributed by atoms with E-state index in [2.05, 4.69) is 21.2 Å². The second kappa shape index (κ2) is 5.82. The quantitative estimate of drug-likeness (QED) is 0.822. The van der Waals surface area contributed by atoms with Gasteiger partial charge in [-0.25, -0.2) is 4.39 Å². The fourth-order valence-corrected chi connectivity index (χ4v) is 2.09. The average Bonchev–Trinajstić information content (AvgIpc) is 2.15. The third-order valence-electron chi connectivity index (χ3n) is 2.29. The minimum Gasteiger partial charge on any atom is -0.310 e. The van der Waals surface area contributed by atoms with E-state index in [1.54, 1.807) is 13.0 Å². The summed E-state index contributed by atoms with van der Waals surface area (Å²) in [6.45, 7) is 1.57. The van der Waals surface area contributed by atoms with Crippen LogP contribution in [0.5, 0.6) is 0 Å². The van der Waals surface area contributed by atoms with Gasteiger partial charge in [0.25, 0.3) is 0 Å². The normalized spacial score (nSPS) is 13.8. The summed E-state index contributed by atoms with van der Waals surface area (Å²) >= 11 is 3.18. The van der Waals surface area contributed by atoms with Crippen LogP contribution < -0.4 is 5.32 Å². The zero-order valence-corrected chi connectivity index (χ0v) is 10.7. The fourth-order valence-electron chi connectivity index (χ4n) is 1.39. The molecule has 0 radical (unpaired) electrons. The summed E-state index contributed by atoms with van der Waals surface area (Å²) < 4.78 is 49.2. The summed E-state index contributed by atoms with van der Waals surface area (Å²) in [5.41, 5.74) is 0.730. The van der Waals surface area contributed by atoms with E-state index in [1.807, 2.05) is 0 Å². The molecule has 0 saturated heterocycles. The zero-order valence-electron chi connectivity index (χ0n) is 9.11. The Morgan fingerprint density at radius 1 is 1.35 bits per heavy atom. The number of nitrogens with one attached hydrogen (secondary N) is 1. The van der Waals surface area contributed by atoms with Crippen LogP contribution in [0.1, 0.15) is 24.9 Å². The third kappa shape index (κ3) is 5.04. The highest BCUT2D eigenvalue weighted by molar-refractivity contribution is 9.10. The number of benzene rings is 1. The van der Waals surface area contributed by atoms with Crippen molar-refractivity contribution in [2.75, 3.05) is 6.54 Å². The van der Waals surface area contributed by atoms with Crippen LogP contribution in [0, 0.1) is 5.82 Å². The maximum absolute atomic E-state index is 12.8. The molecule has 96 valence electrons. The number of hydrogen-bond donors (Lipinski definition) is 1. The van der Waals surface area contributed by atoms with Gasteiger partial charge in [0.2, 0.25) is 0 Å². The lowest BCUT2D eigenvalue weighted by atomic mass is 10.1. The van der Waals surface area contributed by atoms with Crippen molar-refractivity contribution in [2.24, 2.45) is 0 Å². The average molecular weight is 314 g/mol. The molecule has 17 heavy (non-hydrogen) atoms. The van der Waals surface area contributed by atoms with Gasteiger partial charge >= 0.3 is 6.18 Å². The van der Waals surface area contributed by atoms with Crippen molar-refractivity contribution in [1.82, 2.24) is 5.32 Å². The Morgan fingerprint density at radius 3 is 2.53 bits per heavy atom. The zero-order chi connectivity index (χ0) is 13.1. The third-order valence-corrected chi connectivity index (χ3v) is 2.97. The maximum atomic E-state index is 12.8. The van der Waals surface area contributed by atoms with Gasteiger partial charge in [0, 0.05) is 17.1 Å². The van der Waals surface area contributed by atoms with E-state index in [-0.39, 0.29) is 18.4 Å². The van der Waals surface area contributed by atoms with Crippen LogP contribution in [0.25, 0.3) is 0 Å². The summed E-state index contributed by atoms with van der Waals surface area (Å²) in [7, 11) is 0. The maximum Gasteiger partial charge on any atom is 0.390 e. The highest BCUT2D eigenvalue weighted by Gasteiger charge is 2.26. The molecule has 0 amide bonds. The van der Waals surface area contributed by atoms with Crippen molar-refractivity contribution in [3.63, 3.8) is 0 Å². The lowest BCUT2D eigenvalue weighted by Crippen LogP contribution is -2.24. The van der Waals surface area contributed by atoms with E-state index < -0.39 is 12.6 Å². The van der Waals surface area contributed by atoms with Gasteiger partial charge in [-0.2, -0.15) is 13.2 Å². The van der Waals surface area contributed by atoms with Crippen molar-refractivity contribution in [3.8, 4) is 0 Å². The van der Waals surface area contributed by atoms with Crippen LogP contribution in [0.15, 0.2) is 22.7 Å². The predicted molar refractivity (Wildman–Crippen MR) is 61.2 cm³/mol. The molecule has 0 spiro atoms. The van der Waals surface area contributed by atoms with Gasteiger partial charge in [0.1, 0.15) is 5.82 Å². The van der Waals surface area contributed by atoms with Gasteiger partial charge in [-0.3, -0.25) is 0 Å². The summed E-state index contributed by atoms with van der Waals surface area (Å²) in [6, 6.07) is 3.84. The molecule has 1 N–H and O–H groups in total. The van der Waals surface area contributed by atoms with Crippen molar-refractivity contribution in [1.29, 1.82) is 0 Å². The van der Waals surface area contributed by atoms with Crippen molar-refractivity contribution < 1.29 is 17.6 Å². The van der Waals surface area contributed by atoms with Crippen LogP contribution in [0.2, 0.25) is 0 Å². The molecule has 1 aromatic rings. The first-order valence-corrected chi connectivity index (χ1v) is 5.84. The Balaban J connectivity index is 2.55. The number of halogens is 5. The van der Waals surface area contributed by atoms with E-state index in [9.17, 15) is 17.6 Å². The minimum atomic E-state index is -4.16. The molecule has 1 unspecified atom stereocenters. The van der Waals surface area contributed by atoms with E-state index in [4.69, 9.17) is 0 Å². The van der Waals surface area contributed by atoms with Gasteiger partial charge in [-0.1, -0.05) is 22.0 Å². The predicted octanol–water partition coefficient (Wildman–Crippen LogP) is 4.19. The number of rotatable bonds is 4. The number of alkyl halides is 3. The number of hydrogen-bond acceptors (Lipinski definition) is 1. The van der Waals surface area contributed by atoms with E-state index in [0.29, 0.717) is 4.47 Å². The molecule has 1 aromatic carbocycles. The SMILES string of the molecule is CC(NCCC(F)(F)F)c1ccc(F)cc1Br. The first-order chi connectivity index (χ1) is 7.79. The van der Waals surface area contributed by atoms with Crippen LogP contribution in [0.3, 0.4) is 0 Å². The molecule has 0 heterocycles. The van der Waals surface area contributed by atoms with E-state index >= 15 is 0 Å². The van der Waals surface area contributed by atoms with Crippen LogP contribution in [0.4, 0.5) is 17.6 Å². The van der Waals surface area contributed by atoms with Crippen LogP contribution >= 0.6 is 15.9 Å². The smallest absolute Gasteiger partial charge is 0.310 e. The molecular formula is C11H12BrF4N. The highest BCUT2D eigenvalue weighted by atomic mass is 79.9. The monoisotopic (exact) mass is 313 g/mol. The van der Waals surface area contributed by atoms with E-state index in [0.717, 1.165) is 5.56 Å². The molecule has 0 fully saturated rings. The van der Waals surface area contributed by atoms with E-state index in [1.165, 1.54) is 12.1 Å². The molecule has 0 aliphatic rings. The standard InChI is InChI=1S/C11H12BrF4N/c1-7(17-5-4-11(14,15)16)9-3-2-8(13)6-10(9)12/h2-3,6-7,17H,4-5H2,1H3. The lowest BCUT2D eigenvalue weighted by Gasteiger charge is -2.16. The highest BCUT2D eigenvalue weighted by Crippen LogP contribution is 2.25. The molecule has 1 rings (SSSR count). The molecular weight excluding hydrogens is 302 g/mol. The fraction of sp³-hybridized carbons (Fsp3) is 0.455. The van der Waals surface area contributed by atoms with Crippen molar-refractivity contribution in [3.05, 3.63) is 34.1 Å². The Kier molecular flexibility index (Phi) is 4.94. The Morgan fingerprint density at radius 2 is 2.00 bits per heavy atom. The largest absolute Gasteiger partial charge is 0.390 e. The van der Waals surface area contributed by atoms with Crippen molar-refractivity contribution >= 4 is 15.9 Å². The topological polar surface area (TPSA) is 12.0 Å². The van der Waals surface area contributed by atoms with Crippen LogP contribution in [-0.4, -0.2) is 12.7 Å². The molecule has 1 nitrogen and oxygen atoms in total. The summed E-state index contributed by atoms with van der Waals surface area (Å²) in [5, 5.41) is 2.74. The van der Waals surface area contributed by atoms with Gasteiger partial charge in [-0.15, -0.1) is 0 Å². The minimum absolute atomic E-state index is 0.158. The second-order valence-electron chi connectivity index (χ2n) is 3.71. The lowest BCUT2D eigenvalue weighted by molar-refractivity contribution is -0.133. The molecule has 0 saturated carbocycles. The summed E-state index contributed by atoms with van der Waals surface area (Å²) in [4.78, 5) is 0. The van der Waals surface area contributed by atoms with Gasteiger partial charge in [-0.05, 0) is 24.6 Å². The van der Waals surface area contributed by atoms with Gasteiger partial charge in [0.05, 0.1) is 6.42 Å². The first kappa shape index (κ1) is 14.4. The Bertz CT molecular complexity index is 378.